The van der Waals surface area contributed by atoms with Crippen LogP contribution in [0, 0.1) is 3.57 Å². The second kappa shape index (κ2) is 5.72. The maximum Gasteiger partial charge on any atom is 0.109 e. The van der Waals surface area contributed by atoms with Gasteiger partial charge in [-0.3, -0.25) is 0 Å². The highest BCUT2D eigenvalue weighted by molar-refractivity contribution is 14.1. The van der Waals surface area contributed by atoms with Gasteiger partial charge in [-0.25, -0.2) is 4.39 Å². The van der Waals surface area contributed by atoms with Crippen LogP contribution >= 0.6 is 35.0 Å². The highest BCUT2D eigenvalue weighted by Gasteiger charge is 2.07. The molecular formula is C8H10ClFIN. The van der Waals surface area contributed by atoms with Crippen molar-refractivity contribution in [3.8, 4) is 0 Å². The summed E-state index contributed by atoms with van der Waals surface area (Å²) >= 11 is 2.15. The summed E-state index contributed by atoms with van der Waals surface area (Å²) in [6.07, 6.45) is 0. The lowest BCUT2D eigenvalue weighted by Crippen LogP contribution is -2.13. The molecule has 0 aromatic heterocycles. The molecule has 1 atom stereocenters. The predicted molar refractivity (Wildman–Crippen MR) is 59.3 cm³/mol. The fraction of sp³-hybridized carbons (Fsp3) is 0.250. The number of hydrogen-bond donors (Lipinski definition) is 1. The molecule has 0 fully saturated rings. The molecule has 0 saturated heterocycles. The van der Waals surface area contributed by atoms with Gasteiger partial charge in [0.05, 0.1) is 6.04 Å². The molecule has 1 nitrogen and oxygen atoms in total. The van der Waals surface area contributed by atoms with Gasteiger partial charge >= 0.3 is 0 Å². The molecule has 0 aliphatic rings. The van der Waals surface area contributed by atoms with Crippen molar-refractivity contribution in [3.63, 3.8) is 0 Å². The number of nitrogens with two attached hydrogens (primary N) is 1. The molecule has 0 aliphatic carbocycles. The minimum atomic E-state index is -0.500. The SMILES string of the molecule is Cl.N[C@H](CF)c1ccccc1I. The molecule has 0 bridgehead atoms. The first kappa shape index (κ1) is 12.1. The van der Waals surface area contributed by atoms with Crippen molar-refractivity contribution in [2.24, 2.45) is 5.73 Å². The zero-order chi connectivity index (χ0) is 8.27. The summed E-state index contributed by atoms with van der Waals surface area (Å²) < 4.78 is 13.1. The lowest BCUT2D eigenvalue weighted by Gasteiger charge is -2.08. The average molecular weight is 302 g/mol. The fourth-order valence-corrected chi connectivity index (χ4v) is 1.65. The Kier molecular flexibility index (Phi) is 5.78. The molecule has 4 heteroatoms. The monoisotopic (exact) mass is 301 g/mol. The van der Waals surface area contributed by atoms with Gasteiger partial charge in [-0.15, -0.1) is 12.4 Å². The number of benzene rings is 1. The van der Waals surface area contributed by atoms with Crippen LogP contribution in [0.3, 0.4) is 0 Å². The van der Waals surface area contributed by atoms with Crippen LogP contribution in [-0.2, 0) is 0 Å². The Morgan fingerprint density at radius 3 is 2.50 bits per heavy atom. The summed E-state index contributed by atoms with van der Waals surface area (Å²) in [5.74, 6) is 0. The van der Waals surface area contributed by atoms with Crippen LogP contribution in [0.5, 0.6) is 0 Å². The summed E-state index contributed by atoms with van der Waals surface area (Å²) in [4.78, 5) is 0. The summed E-state index contributed by atoms with van der Waals surface area (Å²) in [5, 5.41) is 0. The van der Waals surface area contributed by atoms with Crippen LogP contribution in [0.25, 0.3) is 0 Å². The van der Waals surface area contributed by atoms with Gasteiger partial charge in [0, 0.05) is 3.57 Å². The number of hydrogen-bond acceptors (Lipinski definition) is 1. The van der Waals surface area contributed by atoms with Gasteiger partial charge in [0.15, 0.2) is 0 Å². The minimum Gasteiger partial charge on any atom is -0.322 e. The maximum atomic E-state index is 12.1. The third-order valence-electron chi connectivity index (χ3n) is 1.47. The number of alkyl halides is 1. The second-order valence-corrected chi connectivity index (χ2v) is 3.44. The van der Waals surface area contributed by atoms with E-state index < -0.39 is 12.7 Å². The molecule has 68 valence electrons. The van der Waals surface area contributed by atoms with Gasteiger partial charge in [-0.1, -0.05) is 18.2 Å². The Hall–Kier alpha value is 0.130. The zero-order valence-electron chi connectivity index (χ0n) is 6.34. The molecule has 0 radical (unpaired) electrons. The van der Waals surface area contributed by atoms with E-state index in [1.54, 1.807) is 0 Å². The lowest BCUT2D eigenvalue weighted by molar-refractivity contribution is 0.436. The predicted octanol–water partition coefficient (Wildman–Crippen LogP) is 2.68. The maximum absolute atomic E-state index is 12.1. The van der Waals surface area contributed by atoms with Crippen molar-refractivity contribution in [2.75, 3.05) is 6.67 Å². The third-order valence-corrected chi connectivity index (χ3v) is 2.45. The van der Waals surface area contributed by atoms with E-state index in [-0.39, 0.29) is 12.4 Å². The van der Waals surface area contributed by atoms with E-state index in [4.69, 9.17) is 5.73 Å². The first-order valence-corrected chi connectivity index (χ1v) is 4.39. The van der Waals surface area contributed by atoms with Crippen LogP contribution in [0.1, 0.15) is 11.6 Å². The van der Waals surface area contributed by atoms with Crippen molar-refractivity contribution < 1.29 is 4.39 Å². The van der Waals surface area contributed by atoms with Crippen molar-refractivity contribution in [3.05, 3.63) is 33.4 Å². The fourth-order valence-electron chi connectivity index (χ4n) is 0.859. The van der Waals surface area contributed by atoms with E-state index in [1.165, 1.54) is 0 Å². The van der Waals surface area contributed by atoms with Crippen LogP contribution in [0.15, 0.2) is 24.3 Å². The van der Waals surface area contributed by atoms with Crippen LogP contribution in [-0.4, -0.2) is 6.67 Å². The van der Waals surface area contributed by atoms with Crippen molar-refractivity contribution >= 4 is 35.0 Å². The van der Waals surface area contributed by atoms with E-state index >= 15 is 0 Å². The topological polar surface area (TPSA) is 26.0 Å². The quantitative estimate of drug-likeness (QED) is 0.835. The molecule has 0 heterocycles. The molecule has 1 aromatic carbocycles. The molecule has 0 amide bonds. The van der Waals surface area contributed by atoms with Crippen LogP contribution in [0.2, 0.25) is 0 Å². The number of rotatable bonds is 2. The summed E-state index contributed by atoms with van der Waals surface area (Å²) in [6.45, 7) is -0.500. The van der Waals surface area contributed by atoms with Crippen molar-refractivity contribution in [1.29, 1.82) is 0 Å². The summed E-state index contributed by atoms with van der Waals surface area (Å²) in [7, 11) is 0. The molecular weight excluding hydrogens is 291 g/mol. The van der Waals surface area contributed by atoms with Gasteiger partial charge in [0.2, 0.25) is 0 Å². The molecule has 0 aliphatic heterocycles. The molecule has 12 heavy (non-hydrogen) atoms. The zero-order valence-corrected chi connectivity index (χ0v) is 9.31. The molecule has 1 rings (SSSR count). The lowest BCUT2D eigenvalue weighted by atomic mass is 10.1. The molecule has 2 N–H and O–H groups in total. The summed E-state index contributed by atoms with van der Waals surface area (Å²) in [5.41, 5.74) is 6.40. The largest absolute Gasteiger partial charge is 0.322 e. The van der Waals surface area contributed by atoms with Crippen LogP contribution in [0.4, 0.5) is 4.39 Å². The minimum absolute atomic E-state index is 0. The Bertz CT molecular complexity index is 244. The van der Waals surface area contributed by atoms with E-state index in [1.807, 2.05) is 24.3 Å². The van der Waals surface area contributed by atoms with E-state index in [0.717, 1.165) is 9.13 Å². The van der Waals surface area contributed by atoms with Gasteiger partial charge in [-0.2, -0.15) is 0 Å². The van der Waals surface area contributed by atoms with E-state index in [2.05, 4.69) is 22.6 Å². The highest BCUT2D eigenvalue weighted by Crippen LogP contribution is 2.17. The Morgan fingerprint density at radius 1 is 1.42 bits per heavy atom. The van der Waals surface area contributed by atoms with Gasteiger partial charge in [0.1, 0.15) is 6.67 Å². The standard InChI is InChI=1S/C8H9FIN.ClH/c9-5-8(11)6-3-1-2-4-7(6)10;/h1-4,8H,5,11H2;1H/t8-;/m1./s1. The second-order valence-electron chi connectivity index (χ2n) is 2.28. The molecule has 0 unspecified atom stereocenters. The van der Waals surface area contributed by atoms with Crippen molar-refractivity contribution in [1.82, 2.24) is 0 Å². The molecule has 0 spiro atoms. The van der Waals surface area contributed by atoms with E-state index in [0.29, 0.717) is 0 Å². The van der Waals surface area contributed by atoms with Crippen LogP contribution < -0.4 is 5.73 Å². The van der Waals surface area contributed by atoms with Gasteiger partial charge in [-0.05, 0) is 34.2 Å². The Morgan fingerprint density at radius 2 is 2.00 bits per heavy atom. The first-order chi connectivity index (χ1) is 5.25. The Labute approximate surface area is 91.1 Å². The summed E-state index contributed by atoms with van der Waals surface area (Å²) in [6, 6.07) is 7.09. The molecule has 0 saturated carbocycles. The normalized spacial score (nSPS) is 11.9. The smallest absolute Gasteiger partial charge is 0.109 e. The Balaban J connectivity index is 0.00000121. The first-order valence-electron chi connectivity index (χ1n) is 3.31. The van der Waals surface area contributed by atoms with Crippen molar-refractivity contribution in [2.45, 2.75) is 6.04 Å². The average Bonchev–Trinajstić information content (AvgIpc) is 2.04. The molecule has 1 aromatic rings. The van der Waals surface area contributed by atoms with E-state index in [9.17, 15) is 4.39 Å². The highest BCUT2D eigenvalue weighted by atomic mass is 127. The number of halogens is 3. The third kappa shape index (κ3) is 2.88. The van der Waals surface area contributed by atoms with Gasteiger partial charge < -0.3 is 5.73 Å². The van der Waals surface area contributed by atoms with Gasteiger partial charge in [0.25, 0.3) is 0 Å².